The molecule has 2 aromatic rings. The number of aryl methyl sites for hydroxylation is 1. The van der Waals surface area contributed by atoms with Crippen molar-refractivity contribution in [2.24, 2.45) is 11.8 Å². The van der Waals surface area contributed by atoms with Crippen molar-refractivity contribution in [2.45, 2.75) is 13.5 Å². The van der Waals surface area contributed by atoms with Gasteiger partial charge in [-0.15, -0.1) is 0 Å². The average Bonchev–Trinajstić information content (AvgIpc) is 3.30. The van der Waals surface area contributed by atoms with E-state index in [1.165, 1.54) is 11.1 Å². The fourth-order valence-corrected chi connectivity index (χ4v) is 4.35. The molecule has 1 aromatic carbocycles. The minimum absolute atomic E-state index is 0.272. The molecule has 0 bridgehead atoms. The van der Waals surface area contributed by atoms with Gasteiger partial charge in [-0.25, -0.2) is 4.68 Å². The molecule has 0 saturated carbocycles. The van der Waals surface area contributed by atoms with Crippen molar-refractivity contribution in [3.05, 3.63) is 47.8 Å². The first-order valence-electron chi connectivity index (χ1n) is 9.96. The number of likely N-dealkylation sites (tertiary alicyclic amines) is 1. The predicted molar refractivity (Wildman–Crippen MR) is 105 cm³/mol. The summed E-state index contributed by atoms with van der Waals surface area (Å²) < 4.78 is 7.42. The van der Waals surface area contributed by atoms with Crippen LogP contribution in [-0.4, -0.2) is 77.2 Å². The first kappa shape index (κ1) is 18.6. The molecule has 2 aliphatic rings. The van der Waals surface area contributed by atoms with Crippen molar-refractivity contribution in [2.75, 3.05) is 52.5 Å². The van der Waals surface area contributed by atoms with Crippen molar-refractivity contribution >= 4 is 0 Å². The smallest absolute Gasteiger partial charge is 0.0674 e. The van der Waals surface area contributed by atoms with E-state index in [-0.39, 0.29) is 6.61 Å². The van der Waals surface area contributed by atoms with Gasteiger partial charge < -0.3 is 9.84 Å². The second-order valence-electron chi connectivity index (χ2n) is 7.89. The third-order valence-corrected chi connectivity index (χ3v) is 5.89. The number of nitrogens with zero attached hydrogens (tertiary/aromatic N) is 4. The van der Waals surface area contributed by atoms with Gasteiger partial charge in [0.1, 0.15) is 0 Å². The average molecular weight is 370 g/mol. The lowest BCUT2D eigenvalue weighted by atomic mass is 9.96. The first-order valence-corrected chi connectivity index (χ1v) is 9.96. The number of benzene rings is 1. The number of rotatable bonds is 6. The number of aliphatic hydroxyl groups is 1. The van der Waals surface area contributed by atoms with Crippen molar-refractivity contribution in [3.8, 4) is 5.69 Å². The highest BCUT2D eigenvalue weighted by molar-refractivity contribution is 5.39. The number of aromatic nitrogens is 2. The Morgan fingerprint density at radius 1 is 1.11 bits per heavy atom. The van der Waals surface area contributed by atoms with Crippen LogP contribution in [0, 0.1) is 18.8 Å². The van der Waals surface area contributed by atoms with Gasteiger partial charge in [0.05, 0.1) is 25.1 Å². The number of para-hydroxylation sites is 1. The Morgan fingerprint density at radius 2 is 1.89 bits per heavy atom. The minimum atomic E-state index is 0.272. The summed E-state index contributed by atoms with van der Waals surface area (Å²) in [6.07, 6.45) is 4.10. The summed E-state index contributed by atoms with van der Waals surface area (Å²) in [7, 11) is 0. The van der Waals surface area contributed by atoms with Gasteiger partial charge in [-0.3, -0.25) is 9.80 Å². The maximum Gasteiger partial charge on any atom is 0.0674 e. The molecule has 1 N–H and O–H groups in total. The molecule has 0 radical (unpaired) electrons. The summed E-state index contributed by atoms with van der Waals surface area (Å²) in [5, 5.41) is 14.4. The number of aliphatic hydroxyl groups excluding tert-OH is 1. The molecule has 0 amide bonds. The van der Waals surface area contributed by atoms with Crippen LogP contribution in [0.15, 0.2) is 36.7 Å². The van der Waals surface area contributed by atoms with E-state index in [0.29, 0.717) is 11.8 Å². The molecule has 1 aromatic heterocycles. The zero-order chi connectivity index (χ0) is 18.6. The van der Waals surface area contributed by atoms with Gasteiger partial charge in [0, 0.05) is 57.6 Å². The number of ether oxygens (including phenoxy) is 1. The molecule has 2 saturated heterocycles. The van der Waals surface area contributed by atoms with Crippen LogP contribution in [0.2, 0.25) is 0 Å². The quantitative estimate of drug-likeness (QED) is 0.836. The van der Waals surface area contributed by atoms with Crippen LogP contribution in [0.25, 0.3) is 5.69 Å². The molecule has 0 aliphatic carbocycles. The molecule has 4 rings (SSSR count). The lowest BCUT2D eigenvalue weighted by molar-refractivity contribution is 0.0264. The zero-order valence-electron chi connectivity index (χ0n) is 16.1. The van der Waals surface area contributed by atoms with E-state index in [0.717, 1.165) is 58.2 Å². The van der Waals surface area contributed by atoms with Crippen LogP contribution in [0.3, 0.4) is 0 Å². The summed E-state index contributed by atoms with van der Waals surface area (Å²) in [6.45, 7) is 10.0. The van der Waals surface area contributed by atoms with Gasteiger partial charge in [0.15, 0.2) is 0 Å². The highest BCUT2D eigenvalue weighted by Gasteiger charge is 2.33. The molecule has 6 nitrogen and oxygen atoms in total. The molecule has 0 spiro atoms. The number of morpholine rings is 1. The second kappa shape index (κ2) is 8.52. The van der Waals surface area contributed by atoms with E-state index in [4.69, 9.17) is 4.74 Å². The lowest BCUT2D eigenvalue weighted by Gasteiger charge is -2.30. The van der Waals surface area contributed by atoms with Crippen molar-refractivity contribution in [1.82, 2.24) is 19.6 Å². The van der Waals surface area contributed by atoms with Gasteiger partial charge >= 0.3 is 0 Å². The van der Waals surface area contributed by atoms with Crippen LogP contribution in [0.1, 0.15) is 11.1 Å². The lowest BCUT2D eigenvalue weighted by Crippen LogP contribution is -2.41. The first-order chi connectivity index (χ1) is 13.2. The summed E-state index contributed by atoms with van der Waals surface area (Å²) >= 11 is 0. The normalized spacial score (nSPS) is 24.5. The molecule has 2 atom stereocenters. The predicted octanol–water partition coefficient (Wildman–Crippen LogP) is 1.55. The van der Waals surface area contributed by atoms with Gasteiger partial charge in [-0.2, -0.15) is 5.10 Å². The maximum atomic E-state index is 9.85. The monoisotopic (exact) mass is 370 g/mol. The molecule has 27 heavy (non-hydrogen) atoms. The Bertz CT molecular complexity index is 741. The molecular weight excluding hydrogens is 340 g/mol. The van der Waals surface area contributed by atoms with E-state index in [2.05, 4.69) is 46.2 Å². The van der Waals surface area contributed by atoms with Crippen molar-refractivity contribution in [1.29, 1.82) is 0 Å². The van der Waals surface area contributed by atoms with Crippen LogP contribution < -0.4 is 0 Å². The maximum absolute atomic E-state index is 9.85. The van der Waals surface area contributed by atoms with E-state index in [1.807, 2.05) is 16.9 Å². The van der Waals surface area contributed by atoms with Gasteiger partial charge in [-0.1, -0.05) is 18.2 Å². The Hall–Kier alpha value is -1.73. The van der Waals surface area contributed by atoms with E-state index < -0.39 is 0 Å². The number of hydrogen-bond donors (Lipinski definition) is 1. The molecule has 6 heteroatoms. The fraction of sp³-hybridized carbons (Fsp3) is 0.571. The molecular formula is C21H30N4O2. The zero-order valence-corrected chi connectivity index (χ0v) is 16.1. The number of hydrogen-bond acceptors (Lipinski definition) is 5. The molecule has 0 unspecified atom stereocenters. The van der Waals surface area contributed by atoms with Gasteiger partial charge in [0.25, 0.3) is 0 Å². The Balaban J connectivity index is 1.38. The van der Waals surface area contributed by atoms with Crippen LogP contribution in [0.5, 0.6) is 0 Å². The highest BCUT2D eigenvalue weighted by atomic mass is 16.5. The Morgan fingerprint density at radius 3 is 2.67 bits per heavy atom. The van der Waals surface area contributed by atoms with Gasteiger partial charge in [0.2, 0.25) is 0 Å². The van der Waals surface area contributed by atoms with E-state index in [1.54, 1.807) is 0 Å². The van der Waals surface area contributed by atoms with Gasteiger partial charge in [-0.05, 0) is 30.4 Å². The summed E-state index contributed by atoms with van der Waals surface area (Å²) in [4.78, 5) is 4.95. The topological polar surface area (TPSA) is 53.8 Å². The highest BCUT2D eigenvalue weighted by Crippen LogP contribution is 2.26. The molecule has 146 valence electrons. The largest absolute Gasteiger partial charge is 0.396 e. The standard InChI is InChI=1S/C21H30N4O2/c1-17-4-2-3-5-21(17)25-12-18(10-22-25)11-24-14-19(20(15-24)16-26)13-23-6-8-27-9-7-23/h2-5,10,12,19-20,26H,6-9,11,13-16H2,1H3/t19-,20-/m1/s1. The van der Waals surface area contributed by atoms with Crippen LogP contribution in [-0.2, 0) is 11.3 Å². The van der Waals surface area contributed by atoms with Crippen LogP contribution in [0.4, 0.5) is 0 Å². The molecule has 2 aliphatic heterocycles. The third-order valence-electron chi connectivity index (χ3n) is 5.89. The molecule has 3 heterocycles. The SMILES string of the molecule is Cc1ccccc1-n1cc(CN2C[C@@H](CN3CCOCC3)[C@@H](CO)C2)cn1. The van der Waals surface area contributed by atoms with Crippen LogP contribution >= 0.6 is 0 Å². The van der Waals surface area contributed by atoms with Crippen molar-refractivity contribution < 1.29 is 9.84 Å². The minimum Gasteiger partial charge on any atom is -0.396 e. The third kappa shape index (κ3) is 4.41. The summed E-state index contributed by atoms with van der Waals surface area (Å²) in [6, 6.07) is 8.31. The Labute approximate surface area is 161 Å². The molecule has 2 fully saturated rings. The van der Waals surface area contributed by atoms with E-state index in [9.17, 15) is 5.11 Å². The van der Waals surface area contributed by atoms with Crippen molar-refractivity contribution in [3.63, 3.8) is 0 Å². The second-order valence-corrected chi connectivity index (χ2v) is 7.89. The summed E-state index contributed by atoms with van der Waals surface area (Å²) in [5.74, 6) is 0.888. The Kier molecular flexibility index (Phi) is 5.88. The fourth-order valence-electron chi connectivity index (χ4n) is 4.35. The van der Waals surface area contributed by atoms with E-state index >= 15 is 0 Å². The summed E-state index contributed by atoms with van der Waals surface area (Å²) in [5.41, 5.74) is 3.57.